The van der Waals surface area contributed by atoms with Gasteiger partial charge in [-0.15, -0.1) is 16.4 Å². The van der Waals surface area contributed by atoms with E-state index in [1.54, 1.807) is 11.3 Å². The molecule has 6 nitrogen and oxygen atoms in total. The van der Waals surface area contributed by atoms with Crippen molar-refractivity contribution in [2.24, 2.45) is 0 Å². The van der Waals surface area contributed by atoms with Crippen molar-refractivity contribution in [1.29, 1.82) is 0 Å². The first-order valence-corrected chi connectivity index (χ1v) is 8.46. The summed E-state index contributed by atoms with van der Waals surface area (Å²) in [6.07, 6.45) is 3.93. The quantitative estimate of drug-likeness (QED) is 0.935. The van der Waals surface area contributed by atoms with Gasteiger partial charge in [-0.25, -0.2) is 4.98 Å². The third-order valence-electron chi connectivity index (χ3n) is 4.37. The van der Waals surface area contributed by atoms with Crippen LogP contribution in [0.25, 0.3) is 0 Å². The Hall–Kier alpha value is -1.73. The molecule has 0 aromatic carbocycles. The van der Waals surface area contributed by atoms with Crippen LogP contribution in [0.5, 0.6) is 0 Å². The summed E-state index contributed by atoms with van der Waals surface area (Å²) in [6.45, 7) is 4.61. The van der Waals surface area contributed by atoms with Gasteiger partial charge in [0.05, 0.1) is 23.9 Å². The zero-order valence-corrected chi connectivity index (χ0v) is 13.3. The average molecular weight is 317 g/mol. The molecular formula is C15H19N5OS. The lowest BCUT2D eigenvalue weighted by atomic mass is 9.97. The highest BCUT2D eigenvalue weighted by Gasteiger charge is 2.46. The molecule has 7 heteroatoms. The molecule has 116 valence electrons. The fourth-order valence-electron chi connectivity index (χ4n) is 3.29. The van der Waals surface area contributed by atoms with E-state index in [2.05, 4.69) is 25.4 Å². The molecule has 0 saturated carbocycles. The van der Waals surface area contributed by atoms with Crippen LogP contribution in [0.4, 0.5) is 10.9 Å². The second-order valence-electron chi connectivity index (χ2n) is 6.09. The first-order valence-electron chi connectivity index (χ1n) is 7.58. The van der Waals surface area contributed by atoms with Crippen LogP contribution in [-0.2, 0) is 4.74 Å². The molecule has 4 heterocycles. The highest BCUT2D eigenvalue weighted by atomic mass is 32.1. The number of nitrogens with zero attached hydrogens (tertiary/aromatic N) is 4. The summed E-state index contributed by atoms with van der Waals surface area (Å²) < 4.78 is 6.16. The van der Waals surface area contributed by atoms with E-state index in [0.717, 1.165) is 49.2 Å². The zero-order chi connectivity index (χ0) is 15.0. The van der Waals surface area contributed by atoms with Gasteiger partial charge in [0.2, 0.25) is 0 Å². The third kappa shape index (κ3) is 2.66. The SMILES string of the molecule is Cc1ccc(NC2COC3(CCN(c4nccs4)C3)C2)nn1. The normalized spacial score (nSPS) is 27.7. The Balaban J connectivity index is 1.39. The Morgan fingerprint density at radius 3 is 3.14 bits per heavy atom. The molecule has 2 atom stereocenters. The predicted molar refractivity (Wildman–Crippen MR) is 86.4 cm³/mol. The molecule has 0 bridgehead atoms. The molecule has 0 radical (unpaired) electrons. The first kappa shape index (κ1) is 13.9. The van der Waals surface area contributed by atoms with Gasteiger partial charge in [-0.1, -0.05) is 0 Å². The Bertz CT molecular complexity index is 632. The molecule has 2 aliphatic heterocycles. The molecule has 1 N–H and O–H groups in total. The molecule has 2 saturated heterocycles. The topological polar surface area (TPSA) is 63.2 Å². The standard InChI is InChI=1S/C15H19N5OS/c1-11-2-3-13(19-18-11)17-12-8-15(21-9-12)4-6-20(10-15)14-16-5-7-22-14/h2-3,5,7,12H,4,6,8-10H2,1H3,(H,17,19). The summed E-state index contributed by atoms with van der Waals surface area (Å²) in [6, 6.07) is 4.25. The van der Waals surface area contributed by atoms with E-state index in [-0.39, 0.29) is 5.60 Å². The van der Waals surface area contributed by atoms with Crippen LogP contribution < -0.4 is 10.2 Å². The number of aromatic nitrogens is 3. The number of ether oxygens (including phenoxy) is 1. The minimum atomic E-state index is -0.0402. The van der Waals surface area contributed by atoms with Gasteiger partial charge in [0.15, 0.2) is 5.13 Å². The van der Waals surface area contributed by atoms with E-state index < -0.39 is 0 Å². The molecule has 0 amide bonds. The maximum absolute atomic E-state index is 6.16. The van der Waals surface area contributed by atoms with Crippen LogP contribution in [0, 0.1) is 6.92 Å². The molecule has 2 aliphatic rings. The van der Waals surface area contributed by atoms with E-state index >= 15 is 0 Å². The van der Waals surface area contributed by atoms with E-state index in [1.807, 2.05) is 30.6 Å². The minimum absolute atomic E-state index is 0.0402. The number of nitrogens with one attached hydrogen (secondary N) is 1. The minimum Gasteiger partial charge on any atom is -0.371 e. The van der Waals surface area contributed by atoms with Crippen molar-refractivity contribution >= 4 is 22.3 Å². The lowest BCUT2D eigenvalue weighted by Gasteiger charge is -2.23. The second kappa shape index (κ2) is 5.48. The summed E-state index contributed by atoms with van der Waals surface area (Å²) in [5.74, 6) is 0.825. The van der Waals surface area contributed by atoms with Crippen LogP contribution >= 0.6 is 11.3 Å². The zero-order valence-electron chi connectivity index (χ0n) is 12.5. The molecule has 2 aromatic rings. The van der Waals surface area contributed by atoms with Crippen molar-refractivity contribution in [3.05, 3.63) is 29.4 Å². The van der Waals surface area contributed by atoms with Gasteiger partial charge in [-0.3, -0.25) is 0 Å². The Labute approximate surface area is 133 Å². The third-order valence-corrected chi connectivity index (χ3v) is 5.20. The van der Waals surface area contributed by atoms with Crippen molar-refractivity contribution in [3.63, 3.8) is 0 Å². The van der Waals surface area contributed by atoms with Gasteiger partial charge < -0.3 is 15.0 Å². The maximum Gasteiger partial charge on any atom is 0.185 e. The summed E-state index contributed by atoms with van der Waals surface area (Å²) in [5, 5.41) is 14.8. The predicted octanol–water partition coefficient (Wildman–Crippen LogP) is 2.09. The van der Waals surface area contributed by atoms with Crippen molar-refractivity contribution in [2.75, 3.05) is 29.9 Å². The largest absolute Gasteiger partial charge is 0.371 e. The van der Waals surface area contributed by atoms with Crippen molar-refractivity contribution in [2.45, 2.75) is 31.4 Å². The number of thiazole rings is 1. The molecule has 4 rings (SSSR count). The second-order valence-corrected chi connectivity index (χ2v) is 6.96. The lowest BCUT2D eigenvalue weighted by Crippen LogP contribution is -2.33. The Morgan fingerprint density at radius 2 is 2.36 bits per heavy atom. The highest BCUT2D eigenvalue weighted by Crippen LogP contribution is 2.38. The number of rotatable bonds is 3. The van der Waals surface area contributed by atoms with Gasteiger partial charge in [-0.05, 0) is 25.5 Å². The van der Waals surface area contributed by atoms with Crippen molar-refractivity contribution in [3.8, 4) is 0 Å². The first-order chi connectivity index (χ1) is 10.7. The van der Waals surface area contributed by atoms with Gasteiger partial charge in [-0.2, -0.15) is 5.10 Å². The van der Waals surface area contributed by atoms with E-state index in [1.165, 1.54) is 0 Å². The van der Waals surface area contributed by atoms with Crippen LogP contribution in [0.2, 0.25) is 0 Å². The van der Waals surface area contributed by atoms with E-state index in [4.69, 9.17) is 4.74 Å². The molecule has 0 aliphatic carbocycles. The van der Waals surface area contributed by atoms with E-state index in [9.17, 15) is 0 Å². The summed E-state index contributed by atoms with van der Waals surface area (Å²) >= 11 is 1.69. The number of hydrogen-bond donors (Lipinski definition) is 1. The Kier molecular flexibility index (Phi) is 3.46. The molecular weight excluding hydrogens is 298 g/mol. The Morgan fingerprint density at radius 1 is 1.41 bits per heavy atom. The molecule has 1 spiro atoms. The van der Waals surface area contributed by atoms with Gasteiger partial charge in [0.25, 0.3) is 0 Å². The summed E-state index contributed by atoms with van der Waals surface area (Å²) in [7, 11) is 0. The van der Waals surface area contributed by atoms with Crippen LogP contribution in [-0.4, -0.2) is 46.5 Å². The summed E-state index contributed by atoms with van der Waals surface area (Å²) in [4.78, 5) is 6.73. The highest BCUT2D eigenvalue weighted by molar-refractivity contribution is 7.13. The fraction of sp³-hybridized carbons (Fsp3) is 0.533. The lowest BCUT2D eigenvalue weighted by molar-refractivity contribution is 0.0229. The van der Waals surface area contributed by atoms with Gasteiger partial charge in [0, 0.05) is 31.1 Å². The molecule has 2 fully saturated rings. The average Bonchev–Trinajstić information content (AvgIpc) is 3.24. The smallest absolute Gasteiger partial charge is 0.185 e. The van der Waals surface area contributed by atoms with Crippen molar-refractivity contribution in [1.82, 2.24) is 15.2 Å². The van der Waals surface area contributed by atoms with Crippen LogP contribution in [0.3, 0.4) is 0 Å². The maximum atomic E-state index is 6.16. The monoisotopic (exact) mass is 317 g/mol. The van der Waals surface area contributed by atoms with Gasteiger partial charge in [0.1, 0.15) is 5.82 Å². The summed E-state index contributed by atoms with van der Waals surface area (Å²) in [5.41, 5.74) is 0.890. The number of aryl methyl sites for hydroxylation is 1. The molecule has 22 heavy (non-hydrogen) atoms. The molecule has 2 aromatic heterocycles. The fourth-order valence-corrected chi connectivity index (χ4v) is 3.96. The van der Waals surface area contributed by atoms with Crippen LogP contribution in [0.1, 0.15) is 18.5 Å². The van der Waals surface area contributed by atoms with E-state index in [0.29, 0.717) is 6.04 Å². The van der Waals surface area contributed by atoms with Gasteiger partial charge >= 0.3 is 0 Å². The van der Waals surface area contributed by atoms with Crippen LogP contribution in [0.15, 0.2) is 23.7 Å². The van der Waals surface area contributed by atoms with Crippen molar-refractivity contribution < 1.29 is 4.74 Å². The molecule has 2 unspecified atom stereocenters. The number of hydrogen-bond acceptors (Lipinski definition) is 7. The number of anilines is 2.